The second kappa shape index (κ2) is 7.10. The number of nitrogens with zero attached hydrogens (tertiary/aromatic N) is 3. The van der Waals surface area contributed by atoms with Crippen molar-refractivity contribution in [2.24, 2.45) is 0 Å². The summed E-state index contributed by atoms with van der Waals surface area (Å²) in [5.41, 5.74) is 2.47. The Morgan fingerprint density at radius 2 is 1.74 bits per heavy atom. The van der Waals surface area contributed by atoms with Gasteiger partial charge in [-0.3, -0.25) is 4.72 Å². The number of hydrogen-bond acceptors (Lipinski definition) is 6. The topological polar surface area (TPSA) is 65.5 Å². The van der Waals surface area contributed by atoms with Crippen LogP contribution in [0.2, 0.25) is 0 Å². The average molecular weight is 403 g/mol. The van der Waals surface area contributed by atoms with E-state index in [9.17, 15) is 8.42 Å². The number of sulfonamides is 1. The summed E-state index contributed by atoms with van der Waals surface area (Å²) in [6.07, 6.45) is 0. The highest BCUT2D eigenvalue weighted by atomic mass is 32.2. The van der Waals surface area contributed by atoms with E-state index in [0.29, 0.717) is 5.69 Å². The molecule has 0 saturated carbocycles. The molecule has 8 heteroatoms. The standard InChI is InChI=1S/C19H22N4O2S2/c1-14-3-6-16(7-4-14)27(24,25)21-15-5-8-17-18(13-15)26-19(20-17)23-11-9-22(2)10-12-23/h3-8,13,21H,9-12H2,1-2H3. The fourth-order valence-electron chi connectivity index (χ4n) is 3.04. The zero-order valence-corrected chi connectivity index (χ0v) is 17.0. The molecule has 0 radical (unpaired) electrons. The van der Waals surface area contributed by atoms with Gasteiger partial charge >= 0.3 is 0 Å². The Morgan fingerprint density at radius 1 is 1.04 bits per heavy atom. The van der Waals surface area contributed by atoms with Crippen LogP contribution in [0.15, 0.2) is 47.4 Å². The molecule has 1 saturated heterocycles. The molecule has 27 heavy (non-hydrogen) atoms. The highest BCUT2D eigenvalue weighted by molar-refractivity contribution is 7.92. The lowest BCUT2D eigenvalue weighted by atomic mass is 10.2. The Labute approximate surface area is 163 Å². The summed E-state index contributed by atoms with van der Waals surface area (Å²) in [7, 11) is -1.47. The summed E-state index contributed by atoms with van der Waals surface area (Å²) < 4.78 is 28.8. The van der Waals surface area contributed by atoms with Crippen LogP contribution < -0.4 is 9.62 Å². The predicted molar refractivity (Wildman–Crippen MR) is 111 cm³/mol. The van der Waals surface area contributed by atoms with E-state index in [1.165, 1.54) is 0 Å². The minimum absolute atomic E-state index is 0.260. The number of benzene rings is 2. The lowest BCUT2D eigenvalue weighted by Crippen LogP contribution is -2.44. The second-order valence-electron chi connectivity index (χ2n) is 6.89. The molecule has 1 aliphatic rings. The number of aromatic nitrogens is 1. The van der Waals surface area contributed by atoms with Gasteiger partial charge in [0.05, 0.1) is 20.8 Å². The summed E-state index contributed by atoms with van der Waals surface area (Å²) in [4.78, 5) is 9.58. The number of fused-ring (bicyclic) bond motifs is 1. The number of piperazine rings is 1. The van der Waals surface area contributed by atoms with Crippen molar-refractivity contribution in [1.29, 1.82) is 0 Å². The summed E-state index contributed by atoms with van der Waals surface area (Å²) in [6, 6.07) is 12.3. The molecule has 142 valence electrons. The van der Waals surface area contributed by atoms with Crippen molar-refractivity contribution >= 4 is 42.4 Å². The molecule has 1 N–H and O–H groups in total. The maximum atomic E-state index is 12.6. The summed E-state index contributed by atoms with van der Waals surface area (Å²) >= 11 is 1.60. The number of nitrogens with one attached hydrogen (secondary N) is 1. The number of likely N-dealkylation sites (N-methyl/N-ethyl adjacent to an activating group) is 1. The molecule has 6 nitrogen and oxygen atoms in total. The van der Waals surface area contributed by atoms with Crippen molar-refractivity contribution in [2.75, 3.05) is 42.8 Å². The van der Waals surface area contributed by atoms with Crippen molar-refractivity contribution in [2.45, 2.75) is 11.8 Å². The third kappa shape index (κ3) is 3.92. The Morgan fingerprint density at radius 3 is 2.44 bits per heavy atom. The fraction of sp³-hybridized carbons (Fsp3) is 0.316. The molecule has 0 aliphatic carbocycles. The van der Waals surface area contributed by atoms with Crippen molar-refractivity contribution in [3.8, 4) is 0 Å². The smallest absolute Gasteiger partial charge is 0.261 e. The van der Waals surface area contributed by atoms with Crippen LogP contribution in [0.25, 0.3) is 10.2 Å². The van der Waals surface area contributed by atoms with Crippen molar-refractivity contribution in [3.63, 3.8) is 0 Å². The maximum Gasteiger partial charge on any atom is 0.261 e. The third-order valence-electron chi connectivity index (χ3n) is 4.73. The molecule has 2 heterocycles. The van der Waals surface area contributed by atoms with Gasteiger partial charge < -0.3 is 9.80 Å². The quantitative estimate of drug-likeness (QED) is 0.726. The molecule has 0 atom stereocenters. The van der Waals surface area contributed by atoms with Crippen molar-refractivity contribution < 1.29 is 8.42 Å². The van der Waals surface area contributed by atoms with Gasteiger partial charge in [-0.2, -0.15) is 0 Å². The second-order valence-corrected chi connectivity index (χ2v) is 9.58. The van der Waals surface area contributed by atoms with Crippen LogP contribution in [0.5, 0.6) is 0 Å². The number of aryl methyl sites for hydroxylation is 1. The Balaban J connectivity index is 1.57. The van der Waals surface area contributed by atoms with Crippen LogP contribution in [0.4, 0.5) is 10.8 Å². The summed E-state index contributed by atoms with van der Waals surface area (Å²) in [5, 5.41) is 0.997. The van der Waals surface area contributed by atoms with E-state index in [0.717, 1.165) is 47.1 Å². The van der Waals surface area contributed by atoms with Gasteiger partial charge in [0.15, 0.2) is 5.13 Å². The first kappa shape index (κ1) is 18.2. The zero-order chi connectivity index (χ0) is 19.0. The molecule has 2 aromatic carbocycles. The fourth-order valence-corrected chi connectivity index (χ4v) is 5.15. The molecule has 3 aromatic rings. The molecule has 4 rings (SSSR count). The minimum atomic E-state index is -3.60. The highest BCUT2D eigenvalue weighted by Gasteiger charge is 2.18. The predicted octanol–water partition coefficient (Wildman–Crippen LogP) is 3.16. The highest BCUT2D eigenvalue weighted by Crippen LogP contribution is 2.31. The average Bonchev–Trinajstić information content (AvgIpc) is 3.05. The molecule has 0 spiro atoms. The van der Waals surface area contributed by atoms with Crippen LogP contribution in [0.1, 0.15) is 5.56 Å². The Kier molecular flexibility index (Phi) is 4.79. The van der Waals surface area contributed by atoms with Crippen molar-refractivity contribution in [3.05, 3.63) is 48.0 Å². The normalized spacial score (nSPS) is 16.0. The van der Waals surface area contributed by atoms with Gasteiger partial charge in [-0.25, -0.2) is 13.4 Å². The first-order valence-electron chi connectivity index (χ1n) is 8.84. The lowest BCUT2D eigenvalue weighted by molar-refractivity contribution is 0.313. The van der Waals surface area contributed by atoms with Crippen LogP contribution >= 0.6 is 11.3 Å². The zero-order valence-electron chi connectivity index (χ0n) is 15.3. The SMILES string of the molecule is Cc1ccc(S(=O)(=O)Nc2ccc3nc(N4CCN(C)CC4)sc3c2)cc1. The van der Waals surface area contributed by atoms with Crippen LogP contribution in [-0.4, -0.2) is 51.5 Å². The third-order valence-corrected chi connectivity index (χ3v) is 7.21. The van der Waals surface area contributed by atoms with E-state index in [-0.39, 0.29) is 4.90 Å². The van der Waals surface area contributed by atoms with Gasteiger partial charge in [0.2, 0.25) is 0 Å². The Bertz CT molecular complexity index is 1050. The van der Waals surface area contributed by atoms with Crippen LogP contribution in [0, 0.1) is 6.92 Å². The minimum Gasteiger partial charge on any atom is -0.345 e. The van der Waals surface area contributed by atoms with Gasteiger partial charge in [-0.05, 0) is 44.3 Å². The molecular weight excluding hydrogens is 380 g/mol. The summed E-state index contributed by atoms with van der Waals surface area (Å²) in [6.45, 7) is 5.90. The van der Waals surface area contributed by atoms with E-state index in [1.54, 1.807) is 41.7 Å². The van der Waals surface area contributed by atoms with Gasteiger partial charge in [0.1, 0.15) is 0 Å². The largest absolute Gasteiger partial charge is 0.345 e. The molecule has 1 fully saturated rings. The monoisotopic (exact) mass is 402 g/mol. The maximum absolute atomic E-state index is 12.6. The van der Waals surface area contributed by atoms with Gasteiger partial charge in [0.25, 0.3) is 10.0 Å². The first-order valence-corrected chi connectivity index (χ1v) is 11.1. The number of rotatable bonds is 4. The molecule has 1 aliphatic heterocycles. The molecule has 0 amide bonds. The molecule has 1 aromatic heterocycles. The van der Waals surface area contributed by atoms with E-state index < -0.39 is 10.0 Å². The van der Waals surface area contributed by atoms with E-state index in [1.807, 2.05) is 19.1 Å². The van der Waals surface area contributed by atoms with Crippen molar-refractivity contribution in [1.82, 2.24) is 9.88 Å². The molecular formula is C19H22N4O2S2. The lowest BCUT2D eigenvalue weighted by Gasteiger charge is -2.31. The van der Waals surface area contributed by atoms with Gasteiger partial charge in [-0.15, -0.1) is 0 Å². The van der Waals surface area contributed by atoms with Crippen LogP contribution in [-0.2, 0) is 10.0 Å². The van der Waals surface area contributed by atoms with Gasteiger partial charge in [-0.1, -0.05) is 29.0 Å². The molecule has 0 bridgehead atoms. The number of thiazole rings is 1. The van der Waals surface area contributed by atoms with E-state index >= 15 is 0 Å². The Hall–Kier alpha value is -2.16. The summed E-state index contributed by atoms with van der Waals surface area (Å²) in [5.74, 6) is 0. The first-order chi connectivity index (χ1) is 12.9. The number of anilines is 2. The van der Waals surface area contributed by atoms with E-state index in [2.05, 4.69) is 21.6 Å². The van der Waals surface area contributed by atoms with E-state index in [4.69, 9.17) is 4.98 Å². The van der Waals surface area contributed by atoms with Crippen LogP contribution in [0.3, 0.4) is 0 Å². The number of hydrogen-bond donors (Lipinski definition) is 1. The molecule has 0 unspecified atom stereocenters. The van der Waals surface area contributed by atoms with Gasteiger partial charge in [0, 0.05) is 26.2 Å².